The van der Waals surface area contributed by atoms with Crippen molar-refractivity contribution in [3.8, 4) is 0 Å². The van der Waals surface area contributed by atoms with Gasteiger partial charge in [0, 0.05) is 25.5 Å². The molecule has 1 aliphatic rings. The third-order valence-electron chi connectivity index (χ3n) is 3.35. The molecule has 1 saturated heterocycles. The third kappa shape index (κ3) is 3.56. The average Bonchev–Trinajstić information content (AvgIpc) is 2.97. The summed E-state index contributed by atoms with van der Waals surface area (Å²) in [6.45, 7) is 6.47. The molecule has 114 valence electrons. The number of sulfonamides is 1. The predicted molar refractivity (Wildman–Crippen MR) is 72.8 cm³/mol. The van der Waals surface area contributed by atoms with Crippen LogP contribution in [-0.2, 0) is 21.2 Å². The van der Waals surface area contributed by atoms with Crippen molar-refractivity contribution >= 4 is 10.0 Å². The van der Waals surface area contributed by atoms with Gasteiger partial charge in [-0.15, -0.1) is 0 Å². The Morgan fingerprint density at radius 3 is 2.75 bits per heavy atom. The minimum absolute atomic E-state index is 0.195. The quantitative estimate of drug-likeness (QED) is 0.836. The lowest BCUT2D eigenvalue weighted by Crippen LogP contribution is -2.39. The molecule has 0 bridgehead atoms. The second kappa shape index (κ2) is 6.19. The lowest BCUT2D eigenvalue weighted by atomic mass is 10.2. The van der Waals surface area contributed by atoms with Crippen LogP contribution >= 0.6 is 0 Å². The zero-order chi connectivity index (χ0) is 14.8. The second-order valence-electron chi connectivity index (χ2n) is 5.29. The van der Waals surface area contributed by atoms with Gasteiger partial charge in [-0.2, -0.15) is 4.98 Å². The van der Waals surface area contributed by atoms with Gasteiger partial charge in [-0.3, -0.25) is 0 Å². The van der Waals surface area contributed by atoms with Crippen LogP contribution in [0.2, 0.25) is 0 Å². The zero-order valence-electron chi connectivity index (χ0n) is 12.0. The lowest BCUT2D eigenvalue weighted by Gasteiger charge is -2.15. The highest BCUT2D eigenvalue weighted by atomic mass is 32.2. The van der Waals surface area contributed by atoms with Gasteiger partial charge < -0.3 is 9.26 Å². The van der Waals surface area contributed by atoms with Crippen LogP contribution in [0, 0.1) is 0 Å². The molecular formula is C12H21N3O4S. The van der Waals surface area contributed by atoms with Crippen LogP contribution in [0.25, 0.3) is 0 Å². The van der Waals surface area contributed by atoms with Crippen molar-refractivity contribution in [3.05, 3.63) is 11.7 Å². The lowest BCUT2D eigenvalue weighted by molar-refractivity contribution is 0.126. The predicted octanol–water partition coefficient (Wildman–Crippen LogP) is 0.832. The van der Waals surface area contributed by atoms with Crippen LogP contribution < -0.4 is 4.72 Å². The van der Waals surface area contributed by atoms with E-state index in [1.165, 1.54) is 0 Å². The number of aromatic nitrogens is 2. The number of rotatable bonds is 6. The van der Waals surface area contributed by atoms with Crippen molar-refractivity contribution in [2.24, 2.45) is 0 Å². The van der Waals surface area contributed by atoms with E-state index in [4.69, 9.17) is 9.26 Å². The summed E-state index contributed by atoms with van der Waals surface area (Å²) in [5.74, 6) is 1.29. The Bertz CT molecular complexity index is 541. The van der Waals surface area contributed by atoms with E-state index < -0.39 is 15.3 Å². The number of hydrogen-bond donors (Lipinski definition) is 1. The molecule has 0 aromatic carbocycles. The number of ether oxygens (including phenoxy) is 1. The van der Waals surface area contributed by atoms with Gasteiger partial charge in [0.05, 0.1) is 6.10 Å². The molecule has 0 spiro atoms. The number of hydrogen-bond acceptors (Lipinski definition) is 6. The summed E-state index contributed by atoms with van der Waals surface area (Å²) in [5, 5.41) is 3.36. The van der Waals surface area contributed by atoms with Crippen molar-refractivity contribution in [3.63, 3.8) is 0 Å². The summed E-state index contributed by atoms with van der Waals surface area (Å²) in [5.41, 5.74) is 0. The van der Waals surface area contributed by atoms with Gasteiger partial charge >= 0.3 is 0 Å². The molecule has 0 saturated carbocycles. The molecule has 8 heteroatoms. The molecule has 0 radical (unpaired) electrons. The van der Waals surface area contributed by atoms with Gasteiger partial charge in [-0.1, -0.05) is 19.0 Å². The standard InChI is InChI=1S/C12H21N3O4S/c1-8(2)12-14-11(19-15-12)4-6-13-20(16,17)10-5-7-18-9(10)3/h8-10,13H,4-7H2,1-3H3/t9-,10+/m1/s1. The zero-order valence-corrected chi connectivity index (χ0v) is 12.8. The van der Waals surface area contributed by atoms with Crippen LogP contribution in [0.4, 0.5) is 0 Å². The van der Waals surface area contributed by atoms with Crippen molar-refractivity contribution < 1.29 is 17.7 Å². The second-order valence-corrected chi connectivity index (χ2v) is 7.28. The van der Waals surface area contributed by atoms with Crippen LogP contribution in [0.3, 0.4) is 0 Å². The van der Waals surface area contributed by atoms with Crippen molar-refractivity contribution in [1.29, 1.82) is 0 Å². The first-order valence-corrected chi connectivity index (χ1v) is 8.37. The van der Waals surface area contributed by atoms with Crippen LogP contribution in [0.1, 0.15) is 44.8 Å². The van der Waals surface area contributed by atoms with Gasteiger partial charge in [0.1, 0.15) is 5.25 Å². The van der Waals surface area contributed by atoms with E-state index in [1.807, 2.05) is 13.8 Å². The summed E-state index contributed by atoms with van der Waals surface area (Å²) in [4.78, 5) is 4.20. The Kier molecular flexibility index (Phi) is 4.77. The Labute approximate surface area is 119 Å². The summed E-state index contributed by atoms with van der Waals surface area (Å²) in [7, 11) is -3.35. The van der Waals surface area contributed by atoms with Gasteiger partial charge in [-0.05, 0) is 13.3 Å². The van der Waals surface area contributed by atoms with E-state index >= 15 is 0 Å². The molecule has 1 aliphatic heterocycles. The molecule has 1 aromatic heterocycles. The molecule has 0 aliphatic carbocycles. The normalized spacial score (nSPS) is 23.6. The number of nitrogens with one attached hydrogen (secondary N) is 1. The maximum absolute atomic E-state index is 12.1. The molecule has 1 N–H and O–H groups in total. The van der Waals surface area contributed by atoms with Crippen molar-refractivity contribution in [2.45, 2.75) is 50.9 Å². The van der Waals surface area contributed by atoms with E-state index in [9.17, 15) is 8.42 Å². The van der Waals surface area contributed by atoms with Gasteiger partial charge in [0.15, 0.2) is 5.82 Å². The Balaban J connectivity index is 1.85. The summed E-state index contributed by atoms with van der Waals surface area (Å²) >= 11 is 0. The van der Waals surface area contributed by atoms with E-state index in [0.29, 0.717) is 31.2 Å². The van der Waals surface area contributed by atoms with Gasteiger partial charge in [-0.25, -0.2) is 13.1 Å². The molecule has 0 amide bonds. The maximum Gasteiger partial charge on any atom is 0.227 e. The SMILES string of the molecule is CC(C)c1noc(CCNS(=O)(=O)[C@H]2CCO[C@@H]2C)n1. The van der Waals surface area contributed by atoms with Gasteiger partial charge in [0.25, 0.3) is 0 Å². The van der Waals surface area contributed by atoms with E-state index in [2.05, 4.69) is 14.9 Å². The topological polar surface area (TPSA) is 94.3 Å². The smallest absolute Gasteiger partial charge is 0.227 e. The first-order valence-electron chi connectivity index (χ1n) is 6.82. The highest BCUT2D eigenvalue weighted by Crippen LogP contribution is 2.19. The fourth-order valence-electron chi connectivity index (χ4n) is 2.13. The Hall–Kier alpha value is -0.990. The van der Waals surface area contributed by atoms with Crippen molar-refractivity contribution in [1.82, 2.24) is 14.9 Å². The minimum Gasteiger partial charge on any atom is -0.377 e. The summed E-state index contributed by atoms with van der Waals surface area (Å²) < 4.78 is 37.1. The molecule has 2 atom stereocenters. The van der Waals surface area contributed by atoms with Gasteiger partial charge in [0.2, 0.25) is 15.9 Å². The molecule has 0 unspecified atom stereocenters. The highest BCUT2D eigenvalue weighted by molar-refractivity contribution is 7.90. The van der Waals surface area contributed by atoms with Crippen LogP contribution in [0.15, 0.2) is 4.52 Å². The van der Waals surface area contributed by atoms with Crippen molar-refractivity contribution in [2.75, 3.05) is 13.2 Å². The molecule has 20 heavy (non-hydrogen) atoms. The summed E-state index contributed by atoms with van der Waals surface area (Å²) in [6, 6.07) is 0. The first kappa shape index (κ1) is 15.4. The largest absolute Gasteiger partial charge is 0.377 e. The molecule has 1 aromatic rings. The third-order valence-corrected chi connectivity index (χ3v) is 5.37. The maximum atomic E-state index is 12.1. The molecule has 1 fully saturated rings. The Morgan fingerprint density at radius 1 is 1.45 bits per heavy atom. The Morgan fingerprint density at radius 2 is 2.20 bits per heavy atom. The van der Waals surface area contributed by atoms with Crippen LogP contribution in [-0.4, -0.2) is 43.1 Å². The minimum atomic E-state index is -3.35. The molecule has 2 heterocycles. The molecule has 7 nitrogen and oxygen atoms in total. The first-order chi connectivity index (χ1) is 9.40. The molecular weight excluding hydrogens is 282 g/mol. The van der Waals surface area contributed by atoms with E-state index in [0.717, 1.165) is 0 Å². The number of nitrogens with zero attached hydrogens (tertiary/aromatic N) is 2. The fraction of sp³-hybridized carbons (Fsp3) is 0.833. The van der Waals surface area contributed by atoms with E-state index in [1.54, 1.807) is 6.92 Å². The molecule has 2 rings (SSSR count). The average molecular weight is 303 g/mol. The van der Waals surface area contributed by atoms with E-state index in [-0.39, 0.29) is 18.6 Å². The highest BCUT2D eigenvalue weighted by Gasteiger charge is 2.35. The fourth-order valence-corrected chi connectivity index (χ4v) is 3.72. The monoisotopic (exact) mass is 303 g/mol. The summed E-state index contributed by atoms with van der Waals surface area (Å²) in [6.07, 6.45) is 0.665. The van der Waals surface area contributed by atoms with Crippen LogP contribution in [0.5, 0.6) is 0 Å².